The van der Waals surface area contributed by atoms with Gasteiger partial charge in [-0.25, -0.2) is 23.2 Å². The predicted octanol–water partition coefficient (Wildman–Crippen LogP) is 4.44. The minimum Gasteiger partial charge on any atom is -0.480 e. The lowest BCUT2D eigenvalue weighted by molar-refractivity contribution is -0.192. The summed E-state index contributed by atoms with van der Waals surface area (Å²) in [6, 6.07) is 7.59. The Bertz CT molecular complexity index is 3100. The lowest BCUT2D eigenvalue weighted by Crippen LogP contribution is -2.57. The number of hydrogen-bond acceptors (Lipinski definition) is 13. The van der Waals surface area contributed by atoms with Gasteiger partial charge in [-0.2, -0.15) is 13.2 Å². The molecule has 2 aliphatic rings. The molecule has 1 aliphatic carbocycles. The molecule has 7 atom stereocenters. The summed E-state index contributed by atoms with van der Waals surface area (Å²) in [4.78, 5) is 140. The third kappa shape index (κ3) is 25.0. The number of unbranched alkanes of at least 4 members (excludes halogenated alkanes) is 3. The molecule has 3 aromatic rings. The first-order valence-corrected chi connectivity index (χ1v) is 30.6. The van der Waals surface area contributed by atoms with Crippen LogP contribution in [0.2, 0.25) is 0 Å². The summed E-state index contributed by atoms with van der Waals surface area (Å²) >= 11 is 0. The third-order valence-electron chi connectivity index (χ3n) is 15.5. The van der Waals surface area contributed by atoms with Crippen LogP contribution in [0, 0.1) is 28.9 Å². The molecule has 0 radical (unpaired) electrons. The van der Waals surface area contributed by atoms with Crippen molar-refractivity contribution in [3.05, 3.63) is 95.8 Å². The van der Waals surface area contributed by atoms with Crippen LogP contribution in [0.25, 0.3) is 11.1 Å². The van der Waals surface area contributed by atoms with Crippen molar-refractivity contribution in [1.82, 2.24) is 46.3 Å². The van der Waals surface area contributed by atoms with Gasteiger partial charge < -0.3 is 68.2 Å². The molecule has 93 heavy (non-hydrogen) atoms. The number of carbonyl (C=O) groups excluding carboxylic acids is 9. The van der Waals surface area contributed by atoms with E-state index in [0.29, 0.717) is 62.7 Å². The van der Waals surface area contributed by atoms with E-state index in [9.17, 15) is 75.7 Å². The van der Waals surface area contributed by atoms with Gasteiger partial charge in [0.05, 0.1) is 12.1 Å². The number of carbonyl (C=O) groups is 11. The summed E-state index contributed by atoms with van der Waals surface area (Å²) in [5, 5.41) is 43.5. The zero-order chi connectivity index (χ0) is 69.3. The molecule has 1 fully saturated rings. The Balaban J connectivity index is 0.00000248. The van der Waals surface area contributed by atoms with Gasteiger partial charge in [-0.15, -0.1) is 0 Å². The van der Waals surface area contributed by atoms with E-state index in [1.807, 2.05) is 55.7 Å². The molecule has 1 aliphatic heterocycles. The first kappa shape index (κ1) is 76.7. The number of imide groups is 1. The Morgan fingerprint density at radius 1 is 0.753 bits per heavy atom. The highest BCUT2D eigenvalue weighted by Crippen LogP contribution is 2.41. The highest BCUT2D eigenvalue weighted by atomic mass is 19.4. The van der Waals surface area contributed by atoms with Crippen LogP contribution >= 0.6 is 0 Å². The van der Waals surface area contributed by atoms with Gasteiger partial charge in [-0.1, -0.05) is 71.4 Å². The topological polar surface area (TPSA) is 384 Å². The predicted molar refractivity (Wildman–Crippen MR) is 328 cm³/mol. The van der Waals surface area contributed by atoms with Crippen molar-refractivity contribution in [1.29, 1.82) is 0 Å². The Labute approximate surface area is 535 Å². The SMILES string of the molecule is CC(C)[C@H](NC(=O)CCCCCN1C(=O)C=CC1=O)C(=O)N[C@@H](CCCNC(N)=O)C(=O)N[C@@H](CCCCNC(=O)[C@@H]1CC[C@H](NC(=O)[C@@H](N)CCN(C(=O)CO)[C@@H](c2cc(-c3cc(F)ccc3F)cn2Cc2ccccc2)C(C)(C)C)C1)C(=O)O.O=C(O)C(F)(F)F. The second-order valence-corrected chi connectivity index (χ2v) is 24.3. The van der Waals surface area contributed by atoms with Crippen LogP contribution in [0.3, 0.4) is 0 Å². The van der Waals surface area contributed by atoms with Crippen LogP contribution in [-0.2, 0) is 54.5 Å². The smallest absolute Gasteiger partial charge is 0.480 e. The zero-order valence-electron chi connectivity index (χ0n) is 52.7. The van der Waals surface area contributed by atoms with Crippen LogP contribution < -0.4 is 43.4 Å². The van der Waals surface area contributed by atoms with E-state index < -0.39 is 131 Å². The number of hydrogen-bond donors (Lipinski definition) is 11. The van der Waals surface area contributed by atoms with Crippen molar-refractivity contribution in [2.24, 2.45) is 28.7 Å². The number of carboxylic acid groups (broad SMARTS) is 2. The standard InChI is InChI=1S/C61H85F2N11O12.C2HF3O2/c1-37(2)53(71-49(76)19-10-7-13-29-73-50(77)24-25-51(73)78)58(83)69-46(18-14-28-67-60(65)86)57(82)70-47(59(84)85)17-11-12-27-66-55(80)39-20-22-42(31-39)68-56(81)45(64)26-30-74(52(79)36-75)54(61(3,4)5)48-32-40(43-33-41(62)21-23-44(43)63)35-72(48)34-38-15-8-6-9-16-38;3-2(4,5)1(6)7/h6,8-9,15-16,21,23-25,32-33,35,37,39,42,45-47,53-54,75H,7,10-14,17-20,22,26-31,34,36,64H2,1-5H3,(H,66,80)(H,68,81)(H,69,83)(H,70,82)(H,71,76)(H,84,85)(H3,65,67,86);(H,6,7)/t39-,42+,45+,46+,47+,53+,54+;/m1./s1. The second-order valence-electron chi connectivity index (χ2n) is 24.3. The average molecular weight is 1320 g/mol. The largest absolute Gasteiger partial charge is 0.490 e. The zero-order valence-corrected chi connectivity index (χ0v) is 52.7. The summed E-state index contributed by atoms with van der Waals surface area (Å²) in [5.41, 5.74) is 12.9. The fraction of sp³-hybridized carbons (Fsp3) is 0.540. The van der Waals surface area contributed by atoms with Crippen molar-refractivity contribution in [3.8, 4) is 11.1 Å². The van der Waals surface area contributed by atoms with Crippen molar-refractivity contribution in [2.45, 2.75) is 167 Å². The van der Waals surface area contributed by atoms with Gasteiger partial charge in [0, 0.05) is 86.3 Å². The number of primary amides is 1. The maximum atomic E-state index is 15.2. The van der Waals surface area contributed by atoms with Crippen molar-refractivity contribution in [3.63, 3.8) is 0 Å². The first-order chi connectivity index (χ1) is 43.7. The van der Waals surface area contributed by atoms with Crippen molar-refractivity contribution < 1.29 is 90.0 Å². The van der Waals surface area contributed by atoms with E-state index in [4.69, 9.17) is 21.4 Å². The molecule has 0 bridgehead atoms. The van der Waals surface area contributed by atoms with Gasteiger partial charge in [0.2, 0.25) is 35.4 Å². The molecule has 2 heterocycles. The molecular weight excluding hydrogens is 1230 g/mol. The number of amides is 10. The van der Waals surface area contributed by atoms with Crippen LogP contribution in [0.5, 0.6) is 0 Å². The number of alkyl halides is 3. The van der Waals surface area contributed by atoms with E-state index >= 15 is 4.39 Å². The highest BCUT2D eigenvalue weighted by Gasteiger charge is 2.40. The van der Waals surface area contributed by atoms with E-state index in [2.05, 4.69) is 31.9 Å². The maximum absolute atomic E-state index is 15.2. The molecule has 13 N–H and O–H groups in total. The molecular formula is C63H86F5N11O14. The van der Waals surface area contributed by atoms with Crippen LogP contribution in [-0.4, -0.2) is 164 Å². The molecule has 1 saturated carbocycles. The molecule has 2 aromatic carbocycles. The minimum absolute atomic E-state index is 0.00955. The Morgan fingerprint density at radius 2 is 1.39 bits per heavy atom. The van der Waals surface area contributed by atoms with E-state index in [-0.39, 0.29) is 82.2 Å². The number of urea groups is 1. The van der Waals surface area contributed by atoms with E-state index in [0.717, 1.165) is 28.7 Å². The van der Waals surface area contributed by atoms with Gasteiger partial charge >= 0.3 is 24.1 Å². The Morgan fingerprint density at radius 3 is 1.99 bits per heavy atom. The molecule has 0 spiro atoms. The first-order valence-electron chi connectivity index (χ1n) is 30.6. The van der Waals surface area contributed by atoms with Gasteiger partial charge in [0.15, 0.2) is 0 Å². The number of benzene rings is 2. The summed E-state index contributed by atoms with van der Waals surface area (Å²) in [6.45, 7) is 8.98. The van der Waals surface area contributed by atoms with Crippen LogP contribution in [0.4, 0.5) is 26.7 Å². The minimum atomic E-state index is -5.08. The monoisotopic (exact) mass is 1320 g/mol. The van der Waals surface area contributed by atoms with Crippen molar-refractivity contribution in [2.75, 3.05) is 32.8 Å². The lowest BCUT2D eigenvalue weighted by Gasteiger charge is -2.41. The number of aliphatic carboxylic acids is 2. The number of nitrogens with one attached hydrogen (secondary N) is 6. The molecule has 25 nitrogen and oxygen atoms in total. The quantitative estimate of drug-likeness (QED) is 0.0224. The highest BCUT2D eigenvalue weighted by molar-refractivity contribution is 6.12. The Kier molecular flexibility index (Phi) is 30.0. The molecule has 1 aromatic heterocycles. The molecule has 512 valence electrons. The fourth-order valence-electron chi connectivity index (χ4n) is 10.7. The summed E-state index contributed by atoms with van der Waals surface area (Å²) in [7, 11) is 0. The summed E-state index contributed by atoms with van der Waals surface area (Å²) < 4.78 is 63.3. The molecule has 0 unspecified atom stereocenters. The fourth-order valence-corrected chi connectivity index (χ4v) is 10.7. The summed E-state index contributed by atoms with van der Waals surface area (Å²) in [6.07, 6.45) is 2.44. The van der Waals surface area contributed by atoms with Crippen LogP contribution in [0.1, 0.15) is 135 Å². The number of rotatable bonds is 34. The van der Waals surface area contributed by atoms with Crippen molar-refractivity contribution >= 4 is 65.2 Å². The molecule has 5 rings (SSSR count). The second kappa shape index (κ2) is 36.4. The number of aliphatic hydroxyl groups excluding tert-OH is 1. The molecule has 30 heteroatoms. The van der Waals surface area contributed by atoms with Gasteiger partial charge in [0.1, 0.15) is 36.4 Å². The third-order valence-corrected chi connectivity index (χ3v) is 15.5. The van der Waals surface area contributed by atoms with Gasteiger partial charge in [-0.3, -0.25) is 43.3 Å². The van der Waals surface area contributed by atoms with Gasteiger partial charge in [-0.05, 0) is 112 Å². The van der Waals surface area contributed by atoms with E-state index in [1.165, 1.54) is 17.1 Å². The molecule has 10 amide bonds. The number of nitrogens with two attached hydrogens (primary N) is 2. The summed E-state index contributed by atoms with van der Waals surface area (Å²) in [5.74, 6) is -10.3. The normalized spacial score (nSPS) is 16.2. The van der Waals surface area contributed by atoms with Gasteiger partial charge in [0.25, 0.3) is 11.8 Å². The number of halogens is 5. The lowest BCUT2D eigenvalue weighted by atomic mass is 9.82. The number of nitrogens with zero attached hydrogens (tertiary/aromatic N) is 3. The number of carboxylic acids is 2. The number of aromatic nitrogens is 1. The Hall–Kier alpha value is -8.80. The van der Waals surface area contributed by atoms with Crippen LogP contribution in [0.15, 0.2) is 72.9 Å². The maximum Gasteiger partial charge on any atom is 0.490 e. The number of aliphatic hydroxyl groups is 1. The molecule has 0 saturated heterocycles. The van der Waals surface area contributed by atoms with E-state index in [1.54, 1.807) is 26.1 Å². The average Bonchev–Trinajstić information content (AvgIpc) is 1.77.